The average Bonchev–Trinajstić information content (AvgIpc) is 2.86. The molecule has 0 saturated heterocycles. The summed E-state index contributed by atoms with van der Waals surface area (Å²) in [5.74, 6) is 0. The van der Waals surface area contributed by atoms with Crippen LogP contribution < -0.4 is 0 Å². The average molecular weight is 257 g/mol. The summed E-state index contributed by atoms with van der Waals surface area (Å²) in [5.41, 5.74) is 4.87. The van der Waals surface area contributed by atoms with Crippen molar-refractivity contribution in [1.82, 2.24) is 4.98 Å². The number of hydrogen-bond donors (Lipinski definition) is 1. The number of benzene rings is 3. The predicted molar refractivity (Wildman–Crippen MR) is 89.3 cm³/mol. The third-order valence-electron chi connectivity index (χ3n) is 4.06. The van der Waals surface area contributed by atoms with E-state index in [4.69, 9.17) is 0 Å². The highest BCUT2D eigenvalue weighted by atomic mass is 14.7. The van der Waals surface area contributed by atoms with E-state index >= 15 is 0 Å². The van der Waals surface area contributed by atoms with Crippen molar-refractivity contribution in [2.24, 2.45) is 0 Å². The van der Waals surface area contributed by atoms with Crippen molar-refractivity contribution in [3.63, 3.8) is 0 Å². The van der Waals surface area contributed by atoms with E-state index in [1.54, 1.807) is 0 Å². The number of nitrogens with one attached hydrogen (secondary N) is 1. The normalized spacial score (nSPS) is 12.2. The summed E-state index contributed by atoms with van der Waals surface area (Å²) < 4.78 is 0. The largest absolute Gasteiger partial charge is 0.354 e. The van der Waals surface area contributed by atoms with Crippen LogP contribution in [-0.4, -0.2) is 4.98 Å². The van der Waals surface area contributed by atoms with Gasteiger partial charge in [-0.2, -0.15) is 0 Å². The van der Waals surface area contributed by atoms with Gasteiger partial charge in [-0.15, -0.1) is 0 Å². The zero-order valence-electron chi connectivity index (χ0n) is 11.4. The van der Waals surface area contributed by atoms with Crippen molar-refractivity contribution in [3.8, 4) is 0 Å². The third kappa shape index (κ3) is 1.27. The molecular formula is C19H15N. The number of aromatic amines is 1. The van der Waals surface area contributed by atoms with Crippen LogP contribution in [0.15, 0.2) is 49.1 Å². The Morgan fingerprint density at radius 1 is 0.900 bits per heavy atom. The molecule has 96 valence electrons. The molecule has 0 saturated carbocycles. The zero-order chi connectivity index (χ0) is 13.7. The summed E-state index contributed by atoms with van der Waals surface area (Å²) >= 11 is 0. The topological polar surface area (TPSA) is 15.8 Å². The number of rotatable bonds is 2. The van der Waals surface area contributed by atoms with Gasteiger partial charge in [-0.25, -0.2) is 0 Å². The molecule has 0 bridgehead atoms. The minimum Gasteiger partial charge on any atom is -0.354 e. The molecule has 1 nitrogen and oxygen atoms in total. The fourth-order valence-electron chi connectivity index (χ4n) is 3.30. The molecule has 1 N–H and O–H groups in total. The van der Waals surface area contributed by atoms with Gasteiger partial charge in [0.15, 0.2) is 0 Å². The molecule has 4 aromatic rings. The van der Waals surface area contributed by atoms with Crippen LogP contribution in [0.5, 0.6) is 0 Å². The van der Waals surface area contributed by atoms with E-state index in [1.165, 1.54) is 43.7 Å². The van der Waals surface area contributed by atoms with E-state index in [1.807, 2.05) is 6.08 Å². The molecule has 0 radical (unpaired) electrons. The fraction of sp³-hybridized carbons (Fsp3) is 0.0526. The number of aromatic nitrogens is 1. The van der Waals surface area contributed by atoms with Gasteiger partial charge in [0.2, 0.25) is 0 Å². The molecule has 0 unspecified atom stereocenters. The highest BCUT2D eigenvalue weighted by molar-refractivity contribution is 6.26. The van der Waals surface area contributed by atoms with E-state index in [0.29, 0.717) is 0 Å². The highest BCUT2D eigenvalue weighted by Gasteiger charge is 2.15. The van der Waals surface area contributed by atoms with Crippen molar-refractivity contribution >= 4 is 44.7 Å². The monoisotopic (exact) mass is 257 g/mol. The van der Waals surface area contributed by atoms with Crippen LogP contribution in [0.2, 0.25) is 0 Å². The highest BCUT2D eigenvalue weighted by Crippen LogP contribution is 2.40. The number of hydrogen-bond acceptors (Lipinski definition) is 0. The van der Waals surface area contributed by atoms with Gasteiger partial charge in [-0.3, -0.25) is 0 Å². The maximum Gasteiger partial charge on any atom is 0.0471 e. The van der Waals surface area contributed by atoms with E-state index in [-0.39, 0.29) is 0 Å². The van der Waals surface area contributed by atoms with Crippen LogP contribution in [0.25, 0.3) is 44.7 Å². The second-order valence-corrected chi connectivity index (χ2v) is 5.11. The first-order valence-corrected chi connectivity index (χ1v) is 6.88. The molecule has 4 rings (SSSR count). The molecule has 1 heteroatoms. The van der Waals surface area contributed by atoms with E-state index in [0.717, 1.165) is 0 Å². The minimum absolute atomic E-state index is 1.20. The summed E-state index contributed by atoms with van der Waals surface area (Å²) in [6.07, 6.45) is 6.24. The SMILES string of the molecule is C=Cc1c(/C=C\C)c2cccc3[nH]c4cccc1c4c32. The van der Waals surface area contributed by atoms with Crippen molar-refractivity contribution in [2.45, 2.75) is 6.92 Å². The van der Waals surface area contributed by atoms with Gasteiger partial charge in [0.25, 0.3) is 0 Å². The lowest BCUT2D eigenvalue weighted by Gasteiger charge is -2.11. The van der Waals surface area contributed by atoms with Crippen LogP contribution >= 0.6 is 0 Å². The lowest BCUT2D eigenvalue weighted by atomic mass is 9.91. The molecular weight excluding hydrogens is 242 g/mol. The van der Waals surface area contributed by atoms with Crippen molar-refractivity contribution in [2.75, 3.05) is 0 Å². The van der Waals surface area contributed by atoms with E-state index in [9.17, 15) is 0 Å². The Morgan fingerprint density at radius 3 is 2.05 bits per heavy atom. The van der Waals surface area contributed by atoms with E-state index < -0.39 is 0 Å². The molecule has 20 heavy (non-hydrogen) atoms. The first-order chi connectivity index (χ1) is 9.85. The molecule has 0 aliphatic heterocycles. The van der Waals surface area contributed by atoms with Crippen LogP contribution in [0.4, 0.5) is 0 Å². The van der Waals surface area contributed by atoms with Gasteiger partial charge in [0.1, 0.15) is 0 Å². The van der Waals surface area contributed by atoms with Crippen LogP contribution in [0.1, 0.15) is 18.1 Å². The Labute approximate surface area is 117 Å². The van der Waals surface area contributed by atoms with Gasteiger partial charge in [-0.1, -0.05) is 49.1 Å². The second kappa shape index (κ2) is 3.97. The molecule has 0 atom stereocenters. The van der Waals surface area contributed by atoms with Gasteiger partial charge in [0.05, 0.1) is 0 Å². The third-order valence-corrected chi connectivity index (χ3v) is 4.06. The molecule has 3 aromatic carbocycles. The molecule has 0 amide bonds. The summed E-state index contributed by atoms with van der Waals surface area (Å²) in [5, 5.41) is 5.22. The fourth-order valence-corrected chi connectivity index (χ4v) is 3.30. The Bertz CT molecular complexity index is 970. The van der Waals surface area contributed by atoms with Crippen LogP contribution in [0, 0.1) is 0 Å². The Kier molecular flexibility index (Phi) is 2.25. The summed E-state index contributed by atoms with van der Waals surface area (Å²) in [4.78, 5) is 3.52. The quantitative estimate of drug-likeness (QED) is 0.451. The Morgan fingerprint density at radius 2 is 1.50 bits per heavy atom. The maximum atomic E-state index is 4.02. The van der Waals surface area contributed by atoms with Crippen molar-refractivity contribution in [1.29, 1.82) is 0 Å². The summed E-state index contributed by atoms with van der Waals surface area (Å²) in [6.45, 7) is 6.08. The molecule has 0 fully saturated rings. The standard InChI is InChI=1S/C19H15N/c1-3-7-13-12(4-2)14-8-5-10-16-18(14)19-15(13)9-6-11-17(19)20-16/h3-11,20H,2H2,1H3/b7-3-. The lowest BCUT2D eigenvalue weighted by molar-refractivity contribution is 1.55. The minimum atomic E-state index is 1.20. The molecule has 0 aliphatic carbocycles. The van der Waals surface area contributed by atoms with Gasteiger partial charge >= 0.3 is 0 Å². The summed E-state index contributed by atoms with van der Waals surface area (Å²) in [6, 6.07) is 12.9. The van der Waals surface area contributed by atoms with Crippen LogP contribution in [-0.2, 0) is 0 Å². The van der Waals surface area contributed by atoms with Gasteiger partial charge in [0, 0.05) is 21.8 Å². The van der Waals surface area contributed by atoms with Gasteiger partial charge in [-0.05, 0) is 41.0 Å². The van der Waals surface area contributed by atoms with Crippen molar-refractivity contribution < 1.29 is 0 Å². The molecule has 0 spiro atoms. The second-order valence-electron chi connectivity index (χ2n) is 5.11. The number of H-pyrrole nitrogens is 1. The molecule has 1 aromatic heterocycles. The maximum absolute atomic E-state index is 4.02. The molecule has 1 heterocycles. The first kappa shape index (κ1) is 11.3. The van der Waals surface area contributed by atoms with Gasteiger partial charge < -0.3 is 4.98 Å². The molecule has 0 aliphatic rings. The Balaban J connectivity index is 2.43. The first-order valence-electron chi connectivity index (χ1n) is 6.88. The van der Waals surface area contributed by atoms with E-state index in [2.05, 4.69) is 67.0 Å². The zero-order valence-corrected chi connectivity index (χ0v) is 11.4. The Hall–Kier alpha value is -2.54. The van der Waals surface area contributed by atoms with Crippen LogP contribution in [0.3, 0.4) is 0 Å². The smallest absolute Gasteiger partial charge is 0.0471 e. The predicted octanol–water partition coefficient (Wildman–Crippen LogP) is 5.59. The lowest BCUT2D eigenvalue weighted by Crippen LogP contribution is -1.87. The number of allylic oxidation sites excluding steroid dienone is 1. The van der Waals surface area contributed by atoms with Crippen molar-refractivity contribution in [3.05, 3.63) is 60.2 Å². The summed E-state index contributed by atoms with van der Waals surface area (Å²) in [7, 11) is 0.